The minimum absolute atomic E-state index is 0.0621. The molecule has 6 heteroatoms. The van der Waals surface area contributed by atoms with E-state index in [1.54, 1.807) is 22.6 Å². The van der Waals surface area contributed by atoms with E-state index in [9.17, 15) is 4.79 Å². The van der Waals surface area contributed by atoms with Gasteiger partial charge in [0.1, 0.15) is 11.8 Å². The van der Waals surface area contributed by atoms with E-state index in [1.165, 1.54) is 12.8 Å². The van der Waals surface area contributed by atoms with Crippen LogP contribution in [0.4, 0.5) is 0 Å². The Labute approximate surface area is 158 Å². The van der Waals surface area contributed by atoms with Crippen molar-refractivity contribution in [1.29, 1.82) is 0 Å². The van der Waals surface area contributed by atoms with Crippen molar-refractivity contribution >= 4 is 23.0 Å². The monoisotopic (exact) mass is 371 g/mol. The molecule has 4 rings (SSSR count). The van der Waals surface area contributed by atoms with Gasteiger partial charge in [-0.2, -0.15) is 5.10 Å². The molecule has 1 fully saturated rings. The normalized spacial score (nSPS) is 20.0. The lowest BCUT2D eigenvalue weighted by molar-refractivity contribution is -0.134. The first-order valence-electron chi connectivity index (χ1n) is 9.43. The molecule has 0 bridgehead atoms. The van der Waals surface area contributed by atoms with Gasteiger partial charge in [-0.1, -0.05) is 13.0 Å². The Balaban J connectivity index is 1.52. The van der Waals surface area contributed by atoms with Crippen LogP contribution < -0.4 is 0 Å². The molecule has 0 N–H and O–H groups in total. The number of hydrogen-bond acceptors (Lipinski definition) is 5. The van der Waals surface area contributed by atoms with E-state index in [-0.39, 0.29) is 11.9 Å². The molecule has 2 aromatic rings. The molecule has 1 atom stereocenters. The summed E-state index contributed by atoms with van der Waals surface area (Å²) in [6.45, 7) is 4.59. The first kappa shape index (κ1) is 17.5. The SMILES string of the molecule is CCCN(CC(=O)N1N=C(c2cccs2)CC1c1ccco1)CC1CC1. The number of hydrogen-bond donors (Lipinski definition) is 0. The molecule has 2 aliphatic rings. The molecule has 1 aliphatic carbocycles. The number of furan rings is 1. The summed E-state index contributed by atoms with van der Waals surface area (Å²) in [4.78, 5) is 16.5. The molecule has 0 spiro atoms. The number of carbonyl (C=O) groups excluding carboxylic acids is 1. The molecule has 26 heavy (non-hydrogen) atoms. The fourth-order valence-electron chi connectivity index (χ4n) is 3.51. The molecule has 1 aliphatic heterocycles. The Bertz CT molecular complexity index is 750. The van der Waals surface area contributed by atoms with Gasteiger partial charge in [0.2, 0.25) is 0 Å². The van der Waals surface area contributed by atoms with Crippen LogP contribution in [0.2, 0.25) is 0 Å². The predicted molar refractivity (Wildman–Crippen MR) is 103 cm³/mol. The smallest absolute Gasteiger partial charge is 0.257 e. The molecule has 0 saturated heterocycles. The van der Waals surface area contributed by atoms with Gasteiger partial charge in [-0.15, -0.1) is 11.3 Å². The lowest BCUT2D eigenvalue weighted by atomic mass is 10.1. The third-order valence-electron chi connectivity index (χ3n) is 4.96. The number of rotatable bonds is 8. The maximum absolute atomic E-state index is 13.1. The summed E-state index contributed by atoms with van der Waals surface area (Å²) >= 11 is 1.66. The van der Waals surface area contributed by atoms with Crippen molar-refractivity contribution < 1.29 is 9.21 Å². The van der Waals surface area contributed by atoms with E-state index in [0.717, 1.165) is 41.8 Å². The molecule has 5 nitrogen and oxygen atoms in total. The summed E-state index contributed by atoms with van der Waals surface area (Å²) in [6.07, 6.45) is 6.03. The first-order chi connectivity index (χ1) is 12.7. The summed E-state index contributed by atoms with van der Waals surface area (Å²) in [5, 5.41) is 8.40. The quantitative estimate of drug-likeness (QED) is 0.701. The number of hydrazone groups is 1. The Morgan fingerprint density at radius 2 is 2.27 bits per heavy atom. The van der Waals surface area contributed by atoms with E-state index in [0.29, 0.717) is 13.0 Å². The fourth-order valence-corrected chi connectivity index (χ4v) is 4.24. The van der Waals surface area contributed by atoms with Crippen LogP contribution in [0.15, 0.2) is 45.4 Å². The highest BCUT2D eigenvalue weighted by Crippen LogP contribution is 2.34. The Kier molecular flexibility index (Phi) is 5.22. The largest absolute Gasteiger partial charge is 0.467 e. The van der Waals surface area contributed by atoms with Crippen molar-refractivity contribution in [3.05, 3.63) is 46.5 Å². The van der Waals surface area contributed by atoms with Crippen molar-refractivity contribution in [3.63, 3.8) is 0 Å². The first-order valence-corrected chi connectivity index (χ1v) is 10.3. The van der Waals surface area contributed by atoms with Crippen LogP contribution in [0.3, 0.4) is 0 Å². The number of carbonyl (C=O) groups is 1. The molecule has 0 radical (unpaired) electrons. The van der Waals surface area contributed by atoms with Gasteiger partial charge in [0, 0.05) is 13.0 Å². The van der Waals surface area contributed by atoms with Gasteiger partial charge in [0.15, 0.2) is 0 Å². The second-order valence-electron chi connectivity index (χ2n) is 7.18. The van der Waals surface area contributed by atoms with Crippen LogP contribution in [0.25, 0.3) is 0 Å². The maximum atomic E-state index is 13.1. The lowest BCUT2D eigenvalue weighted by Crippen LogP contribution is -2.39. The van der Waals surface area contributed by atoms with E-state index in [2.05, 4.69) is 17.9 Å². The molecule has 138 valence electrons. The molecule has 3 heterocycles. The van der Waals surface area contributed by atoms with Crippen molar-refractivity contribution in [2.45, 2.75) is 38.6 Å². The van der Waals surface area contributed by atoms with Crippen molar-refractivity contribution in [3.8, 4) is 0 Å². The molecule has 1 saturated carbocycles. The summed E-state index contributed by atoms with van der Waals surface area (Å²) < 4.78 is 5.61. The van der Waals surface area contributed by atoms with Crippen LogP contribution in [-0.4, -0.2) is 41.2 Å². The predicted octanol–water partition coefficient (Wildman–Crippen LogP) is 4.14. The molecule has 1 unspecified atom stereocenters. The van der Waals surface area contributed by atoms with Crippen LogP contribution in [-0.2, 0) is 4.79 Å². The van der Waals surface area contributed by atoms with Crippen molar-refractivity contribution in [2.75, 3.05) is 19.6 Å². The van der Waals surface area contributed by atoms with E-state index >= 15 is 0 Å². The lowest BCUT2D eigenvalue weighted by Gasteiger charge is -2.25. The second kappa shape index (κ2) is 7.76. The minimum atomic E-state index is -0.140. The van der Waals surface area contributed by atoms with Gasteiger partial charge in [0.25, 0.3) is 5.91 Å². The van der Waals surface area contributed by atoms with Gasteiger partial charge >= 0.3 is 0 Å². The second-order valence-corrected chi connectivity index (χ2v) is 8.12. The summed E-state index contributed by atoms with van der Waals surface area (Å²) in [5.74, 6) is 1.64. The van der Waals surface area contributed by atoms with Crippen molar-refractivity contribution in [2.24, 2.45) is 11.0 Å². The van der Waals surface area contributed by atoms with Crippen LogP contribution in [0.1, 0.15) is 49.3 Å². The fraction of sp³-hybridized carbons (Fsp3) is 0.500. The highest BCUT2D eigenvalue weighted by molar-refractivity contribution is 7.12. The van der Waals surface area contributed by atoms with Gasteiger partial charge < -0.3 is 4.42 Å². The van der Waals surface area contributed by atoms with Gasteiger partial charge in [-0.3, -0.25) is 9.69 Å². The summed E-state index contributed by atoms with van der Waals surface area (Å²) in [5.41, 5.74) is 0.971. The zero-order valence-electron chi connectivity index (χ0n) is 15.1. The van der Waals surface area contributed by atoms with Crippen LogP contribution in [0.5, 0.6) is 0 Å². The molecular formula is C20H25N3O2S. The van der Waals surface area contributed by atoms with Gasteiger partial charge in [-0.25, -0.2) is 5.01 Å². The third kappa shape index (κ3) is 3.91. The number of thiophene rings is 1. The average molecular weight is 372 g/mol. The Hall–Kier alpha value is -1.92. The Morgan fingerprint density at radius 3 is 2.92 bits per heavy atom. The van der Waals surface area contributed by atoms with Crippen molar-refractivity contribution in [1.82, 2.24) is 9.91 Å². The number of amides is 1. The molecular weight excluding hydrogens is 346 g/mol. The molecule has 2 aromatic heterocycles. The maximum Gasteiger partial charge on any atom is 0.257 e. The average Bonchev–Trinajstić information content (AvgIpc) is 3.10. The minimum Gasteiger partial charge on any atom is -0.467 e. The Morgan fingerprint density at radius 1 is 1.38 bits per heavy atom. The van der Waals surface area contributed by atoms with Gasteiger partial charge in [0.05, 0.1) is 23.4 Å². The summed E-state index contributed by atoms with van der Waals surface area (Å²) in [6, 6.07) is 7.75. The molecule has 0 aromatic carbocycles. The number of nitrogens with zero attached hydrogens (tertiary/aromatic N) is 3. The topological polar surface area (TPSA) is 49.1 Å². The zero-order chi connectivity index (χ0) is 17.9. The van der Waals surface area contributed by atoms with Gasteiger partial charge in [-0.05, 0) is 55.3 Å². The van der Waals surface area contributed by atoms with Crippen LogP contribution in [0, 0.1) is 5.92 Å². The van der Waals surface area contributed by atoms with Crippen LogP contribution >= 0.6 is 11.3 Å². The highest BCUT2D eigenvalue weighted by Gasteiger charge is 2.36. The van der Waals surface area contributed by atoms with E-state index in [4.69, 9.17) is 9.52 Å². The highest BCUT2D eigenvalue weighted by atomic mass is 32.1. The van der Waals surface area contributed by atoms with E-state index < -0.39 is 0 Å². The summed E-state index contributed by atoms with van der Waals surface area (Å²) in [7, 11) is 0. The third-order valence-corrected chi connectivity index (χ3v) is 5.87. The van der Waals surface area contributed by atoms with E-state index in [1.807, 2.05) is 23.6 Å². The zero-order valence-corrected chi connectivity index (χ0v) is 16.0. The molecule has 1 amide bonds. The standard InChI is InChI=1S/C20H25N3O2S/c1-2-9-22(13-15-7-8-15)14-20(24)23-17(18-5-3-10-25-18)12-16(21-23)19-6-4-11-26-19/h3-6,10-11,15,17H,2,7-9,12-14H2,1H3.